The smallest absolute Gasteiger partial charge is 0.355 e. The lowest BCUT2D eigenvalue weighted by atomic mass is 10.0. The maximum absolute atomic E-state index is 13.3. The maximum atomic E-state index is 13.3. The minimum Gasteiger partial charge on any atom is -0.448 e. The number of fused-ring (bicyclic) bond motifs is 1. The number of β-lactam (4-membered cyclic amide) rings is 1. The lowest BCUT2D eigenvalue weighted by molar-refractivity contribution is -0.154. The van der Waals surface area contributed by atoms with Crippen LogP contribution in [0.4, 0.5) is 0 Å². The number of esters is 1. The van der Waals surface area contributed by atoms with Crippen LogP contribution in [0.5, 0.6) is 0 Å². The highest BCUT2D eigenvalue weighted by Gasteiger charge is 2.53. The summed E-state index contributed by atoms with van der Waals surface area (Å²) in [5.41, 5.74) is 1.92. The number of carbonyl (C=O) groups is 3. The van der Waals surface area contributed by atoms with Crippen molar-refractivity contribution in [2.24, 2.45) is 0 Å². The highest BCUT2D eigenvalue weighted by molar-refractivity contribution is 8.00. The molecular weight excluding hydrogens is 468 g/mol. The van der Waals surface area contributed by atoms with Gasteiger partial charge in [0.2, 0.25) is 5.91 Å². The molecule has 3 heterocycles. The molecule has 34 heavy (non-hydrogen) atoms. The van der Waals surface area contributed by atoms with Gasteiger partial charge in [-0.05, 0) is 28.6 Å². The average molecular weight is 491 g/mol. The van der Waals surface area contributed by atoms with Crippen molar-refractivity contribution < 1.29 is 19.1 Å². The number of carbonyl (C=O) groups excluding carboxylic acids is 3. The van der Waals surface area contributed by atoms with Crippen molar-refractivity contribution in [3.05, 3.63) is 106 Å². The van der Waals surface area contributed by atoms with E-state index in [0.29, 0.717) is 5.75 Å². The molecule has 8 heteroatoms. The second kappa shape index (κ2) is 9.87. The summed E-state index contributed by atoms with van der Waals surface area (Å²) in [7, 11) is 0. The van der Waals surface area contributed by atoms with Gasteiger partial charge in [0.25, 0.3) is 5.91 Å². The molecular formula is C26H22N2O4S2. The summed E-state index contributed by atoms with van der Waals surface area (Å²) < 4.78 is 5.95. The van der Waals surface area contributed by atoms with E-state index >= 15 is 0 Å². The molecule has 0 saturated carbocycles. The number of rotatable bonds is 7. The third-order valence-electron chi connectivity index (χ3n) is 5.72. The first-order valence-electron chi connectivity index (χ1n) is 10.9. The fourth-order valence-corrected chi connectivity index (χ4v) is 5.98. The quantitative estimate of drug-likeness (QED) is 0.402. The Morgan fingerprint density at radius 2 is 1.68 bits per heavy atom. The standard InChI is InChI=1S/C26H22N2O4S2/c29-21(16-19-12-7-14-33-19)27-22-24(30)28-20(13-15-34-25(22)28)26(31)32-23(17-8-3-1-4-9-17)18-10-5-2-6-11-18/h1-14,22-23,25H,15-16H2,(H,27,29)/t22?,25-/m0/s1. The van der Waals surface area contributed by atoms with Gasteiger partial charge in [0, 0.05) is 10.6 Å². The minimum absolute atomic E-state index is 0.201. The fourth-order valence-electron chi connectivity index (χ4n) is 4.08. The monoisotopic (exact) mass is 490 g/mol. The molecule has 0 aliphatic carbocycles. The van der Waals surface area contributed by atoms with Crippen LogP contribution in [0.1, 0.15) is 22.1 Å². The number of ether oxygens (including phenoxy) is 1. The zero-order chi connectivity index (χ0) is 23.5. The molecule has 1 N–H and O–H groups in total. The molecule has 1 aromatic heterocycles. The zero-order valence-electron chi connectivity index (χ0n) is 18.1. The number of thioether (sulfide) groups is 1. The van der Waals surface area contributed by atoms with Gasteiger partial charge in [0.1, 0.15) is 17.1 Å². The first-order chi connectivity index (χ1) is 16.6. The van der Waals surface area contributed by atoms with Crippen LogP contribution >= 0.6 is 23.1 Å². The van der Waals surface area contributed by atoms with Gasteiger partial charge in [-0.2, -0.15) is 0 Å². The third-order valence-corrected chi connectivity index (χ3v) is 7.78. The van der Waals surface area contributed by atoms with E-state index in [9.17, 15) is 14.4 Å². The van der Waals surface area contributed by atoms with Crippen molar-refractivity contribution in [3.63, 3.8) is 0 Å². The van der Waals surface area contributed by atoms with Crippen LogP contribution in [0, 0.1) is 0 Å². The Labute approximate surface area is 205 Å². The summed E-state index contributed by atoms with van der Waals surface area (Å²) in [4.78, 5) is 41.0. The second-order valence-electron chi connectivity index (χ2n) is 7.93. The minimum atomic E-state index is -0.645. The SMILES string of the molecule is O=C(Cc1cccs1)NC1C(=O)N2C(C(=O)OC(c3ccccc3)c3ccccc3)=CCS[C@@H]12. The largest absolute Gasteiger partial charge is 0.448 e. The van der Waals surface area contributed by atoms with Gasteiger partial charge < -0.3 is 10.1 Å². The predicted octanol–water partition coefficient (Wildman–Crippen LogP) is 3.91. The van der Waals surface area contributed by atoms with Crippen molar-refractivity contribution in [2.75, 3.05) is 5.75 Å². The summed E-state index contributed by atoms with van der Waals surface area (Å²) >= 11 is 3.02. The van der Waals surface area contributed by atoms with Crippen molar-refractivity contribution >= 4 is 40.9 Å². The summed E-state index contributed by atoms with van der Waals surface area (Å²) in [6, 6.07) is 22.2. The molecule has 2 aliphatic heterocycles. The number of nitrogens with zero attached hydrogens (tertiary/aromatic N) is 1. The Morgan fingerprint density at radius 3 is 2.29 bits per heavy atom. The Hall–Kier alpha value is -3.36. The normalized spacial score (nSPS) is 19.1. The molecule has 0 radical (unpaired) electrons. The molecule has 2 aromatic carbocycles. The molecule has 2 amide bonds. The first kappa shape index (κ1) is 22.4. The van der Waals surface area contributed by atoms with Crippen molar-refractivity contribution in [3.8, 4) is 0 Å². The molecule has 2 aliphatic rings. The molecule has 6 nitrogen and oxygen atoms in total. The van der Waals surface area contributed by atoms with E-state index in [2.05, 4.69) is 5.32 Å². The molecule has 172 valence electrons. The highest BCUT2D eigenvalue weighted by atomic mass is 32.2. The third kappa shape index (κ3) is 4.51. The van der Waals surface area contributed by atoms with Gasteiger partial charge in [-0.3, -0.25) is 14.5 Å². The molecule has 1 fully saturated rings. The summed E-state index contributed by atoms with van der Waals surface area (Å²) in [6.45, 7) is 0. The summed E-state index contributed by atoms with van der Waals surface area (Å²) in [5, 5.41) is 4.43. The van der Waals surface area contributed by atoms with Gasteiger partial charge in [-0.1, -0.05) is 66.7 Å². The van der Waals surface area contributed by atoms with E-state index in [0.717, 1.165) is 16.0 Å². The first-order valence-corrected chi connectivity index (χ1v) is 12.8. The number of benzene rings is 2. The molecule has 3 aromatic rings. The van der Waals surface area contributed by atoms with Crippen molar-refractivity contribution in [1.82, 2.24) is 10.2 Å². The van der Waals surface area contributed by atoms with Crippen molar-refractivity contribution in [2.45, 2.75) is 23.9 Å². The van der Waals surface area contributed by atoms with Gasteiger partial charge in [-0.25, -0.2) is 4.79 Å². The lowest BCUT2D eigenvalue weighted by Crippen LogP contribution is -2.70. The van der Waals surface area contributed by atoms with E-state index in [4.69, 9.17) is 4.74 Å². The Bertz CT molecular complexity index is 1170. The van der Waals surface area contributed by atoms with Gasteiger partial charge in [0.05, 0.1) is 6.42 Å². The molecule has 2 atom stereocenters. The van der Waals surface area contributed by atoms with Crippen LogP contribution in [0.25, 0.3) is 0 Å². The predicted molar refractivity (Wildman–Crippen MR) is 132 cm³/mol. The highest BCUT2D eigenvalue weighted by Crippen LogP contribution is 2.39. The molecule has 1 unspecified atom stereocenters. The number of amides is 2. The Balaban J connectivity index is 1.29. The molecule has 1 saturated heterocycles. The second-order valence-corrected chi connectivity index (χ2v) is 10.1. The van der Waals surface area contributed by atoms with E-state index in [1.807, 2.05) is 78.2 Å². The van der Waals surface area contributed by atoms with Gasteiger partial charge in [0.15, 0.2) is 6.10 Å². The van der Waals surface area contributed by atoms with Crippen LogP contribution in [-0.2, 0) is 25.5 Å². The topological polar surface area (TPSA) is 75.7 Å². The average Bonchev–Trinajstić information content (AvgIpc) is 3.39. The van der Waals surface area contributed by atoms with Crippen LogP contribution < -0.4 is 5.32 Å². The maximum Gasteiger partial charge on any atom is 0.355 e. The van der Waals surface area contributed by atoms with Crippen LogP contribution in [0.3, 0.4) is 0 Å². The molecule has 0 bridgehead atoms. The van der Waals surface area contributed by atoms with Crippen molar-refractivity contribution in [1.29, 1.82) is 0 Å². The molecule has 5 rings (SSSR count). The van der Waals surface area contributed by atoms with Crippen LogP contribution in [0.15, 0.2) is 89.9 Å². The van der Waals surface area contributed by atoms with Crippen LogP contribution in [0.2, 0.25) is 0 Å². The summed E-state index contributed by atoms with van der Waals surface area (Å²) in [5.74, 6) is -0.499. The van der Waals surface area contributed by atoms with Gasteiger partial charge >= 0.3 is 5.97 Å². The fraction of sp³-hybridized carbons (Fsp3) is 0.192. The van der Waals surface area contributed by atoms with E-state index in [1.165, 1.54) is 28.0 Å². The zero-order valence-corrected chi connectivity index (χ0v) is 19.8. The lowest BCUT2D eigenvalue weighted by Gasteiger charge is -2.48. The number of hydrogen-bond donors (Lipinski definition) is 1. The molecule has 0 spiro atoms. The summed E-state index contributed by atoms with van der Waals surface area (Å²) in [6.07, 6.45) is 1.36. The number of nitrogens with one attached hydrogen (secondary N) is 1. The number of thiophene rings is 1. The Kier molecular flexibility index (Phi) is 6.51. The van der Waals surface area contributed by atoms with E-state index < -0.39 is 18.1 Å². The van der Waals surface area contributed by atoms with Gasteiger partial charge in [-0.15, -0.1) is 23.1 Å². The van der Waals surface area contributed by atoms with E-state index in [-0.39, 0.29) is 29.3 Å². The van der Waals surface area contributed by atoms with Crippen LogP contribution in [-0.4, -0.2) is 39.9 Å². The Morgan fingerprint density at radius 1 is 1.00 bits per heavy atom. The number of hydrogen-bond acceptors (Lipinski definition) is 6. The van der Waals surface area contributed by atoms with E-state index in [1.54, 1.807) is 6.08 Å².